The molecule has 0 bridgehead atoms. The lowest BCUT2D eigenvalue weighted by atomic mass is 10.2. The molecule has 0 fully saturated rings. The fourth-order valence-electron chi connectivity index (χ4n) is 2.61. The molecule has 0 atom stereocenters. The molecule has 0 saturated heterocycles. The van der Waals surface area contributed by atoms with Gasteiger partial charge in [0, 0.05) is 36.9 Å². The van der Waals surface area contributed by atoms with E-state index in [1.54, 1.807) is 31.3 Å². The molecule has 28 heavy (non-hydrogen) atoms. The number of fused-ring (bicyclic) bond motifs is 1. The molecule has 0 saturated carbocycles. The highest BCUT2D eigenvalue weighted by molar-refractivity contribution is 6.30. The quantitative estimate of drug-likeness (QED) is 0.322. The van der Waals surface area contributed by atoms with Gasteiger partial charge in [0.05, 0.1) is 6.54 Å². The number of aliphatic imine (C=N–C) groups is 1. The van der Waals surface area contributed by atoms with Crippen molar-refractivity contribution < 1.29 is 4.79 Å². The Morgan fingerprint density at radius 2 is 1.96 bits per heavy atom. The van der Waals surface area contributed by atoms with Gasteiger partial charge in [0.15, 0.2) is 17.4 Å². The molecule has 0 aliphatic heterocycles. The van der Waals surface area contributed by atoms with Crippen LogP contribution in [0.5, 0.6) is 0 Å². The molecule has 0 aliphatic rings. The van der Waals surface area contributed by atoms with E-state index in [0.717, 1.165) is 17.2 Å². The van der Waals surface area contributed by atoms with Crippen molar-refractivity contribution in [3.63, 3.8) is 0 Å². The molecular formula is C19H22ClN7O. The number of hydrogen-bond donors (Lipinski definition) is 3. The third-order valence-corrected chi connectivity index (χ3v) is 4.27. The summed E-state index contributed by atoms with van der Waals surface area (Å²) in [7, 11) is 1.70. The largest absolute Gasteiger partial charge is 0.356 e. The van der Waals surface area contributed by atoms with Crippen molar-refractivity contribution in [3.8, 4) is 0 Å². The number of benzene rings is 1. The summed E-state index contributed by atoms with van der Waals surface area (Å²) in [4.78, 5) is 16.2. The van der Waals surface area contributed by atoms with Crippen LogP contribution in [0.1, 0.15) is 18.7 Å². The van der Waals surface area contributed by atoms with Crippen molar-refractivity contribution in [1.29, 1.82) is 0 Å². The summed E-state index contributed by atoms with van der Waals surface area (Å²) in [6, 6.07) is 12.8. The van der Waals surface area contributed by atoms with E-state index in [-0.39, 0.29) is 5.91 Å². The maximum absolute atomic E-state index is 12.0. The Kier molecular flexibility index (Phi) is 6.80. The summed E-state index contributed by atoms with van der Waals surface area (Å²) in [6.07, 6.45) is 3.00. The first-order chi connectivity index (χ1) is 13.7. The number of carbonyl (C=O) groups is 1. The van der Waals surface area contributed by atoms with Crippen molar-refractivity contribution in [3.05, 3.63) is 59.5 Å². The lowest BCUT2D eigenvalue weighted by Gasteiger charge is -2.11. The van der Waals surface area contributed by atoms with Gasteiger partial charge in [0.1, 0.15) is 0 Å². The van der Waals surface area contributed by atoms with Crippen molar-refractivity contribution in [2.75, 3.05) is 18.9 Å². The SMILES string of the molecule is CN=C(NCCCC(=O)Nc1ccc(Cl)cc1)NCc1nnc2ccccn12. The molecule has 3 N–H and O–H groups in total. The highest BCUT2D eigenvalue weighted by Crippen LogP contribution is 2.13. The van der Waals surface area contributed by atoms with Crippen molar-refractivity contribution >= 4 is 34.8 Å². The van der Waals surface area contributed by atoms with Crippen LogP contribution in [0.25, 0.3) is 5.65 Å². The van der Waals surface area contributed by atoms with Crippen LogP contribution >= 0.6 is 11.6 Å². The summed E-state index contributed by atoms with van der Waals surface area (Å²) >= 11 is 5.83. The van der Waals surface area contributed by atoms with Gasteiger partial charge in [-0.15, -0.1) is 10.2 Å². The maximum atomic E-state index is 12.0. The smallest absolute Gasteiger partial charge is 0.224 e. The lowest BCUT2D eigenvalue weighted by molar-refractivity contribution is -0.116. The van der Waals surface area contributed by atoms with E-state index in [1.807, 2.05) is 28.8 Å². The number of rotatable bonds is 7. The maximum Gasteiger partial charge on any atom is 0.224 e. The van der Waals surface area contributed by atoms with Crippen molar-refractivity contribution in [1.82, 2.24) is 25.2 Å². The first-order valence-corrected chi connectivity index (χ1v) is 9.32. The summed E-state index contributed by atoms with van der Waals surface area (Å²) < 4.78 is 1.92. The summed E-state index contributed by atoms with van der Waals surface area (Å²) in [5, 5.41) is 18.2. The lowest BCUT2D eigenvalue weighted by Crippen LogP contribution is -2.37. The van der Waals surface area contributed by atoms with Gasteiger partial charge in [-0.25, -0.2) is 0 Å². The molecule has 3 rings (SSSR count). The minimum atomic E-state index is -0.0398. The molecule has 0 radical (unpaired) electrons. The summed E-state index contributed by atoms with van der Waals surface area (Å²) in [5.41, 5.74) is 1.54. The van der Waals surface area contributed by atoms with E-state index >= 15 is 0 Å². The monoisotopic (exact) mass is 399 g/mol. The molecule has 9 heteroatoms. The van der Waals surface area contributed by atoms with E-state index in [0.29, 0.717) is 36.9 Å². The van der Waals surface area contributed by atoms with Gasteiger partial charge in [-0.2, -0.15) is 0 Å². The van der Waals surface area contributed by atoms with Crippen LogP contribution in [0, 0.1) is 0 Å². The Balaban J connectivity index is 1.38. The van der Waals surface area contributed by atoms with E-state index in [4.69, 9.17) is 11.6 Å². The Labute approximate surface area is 168 Å². The zero-order valence-corrected chi connectivity index (χ0v) is 16.3. The number of hydrogen-bond acceptors (Lipinski definition) is 4. The number of guanidine groups is 1. The van der Waals surface area contributed by atoms with Gasteiger partial charge in [0.25, 0.3) is 0 Å². The zero-order valence-electron chi connectivity index (χ0n) is 15.5. The number of nitrogens with zero attached hydrogens (tertiary/aromatic N) is 4. The van der Waals surface area contributed by atoms with Gasteiger partial charge in [-0.1, -0.05) is 17.7 Å². The Bertz CT molecular complexity index is 952. The second-order valence-electron chi connectivity index (χ2n) is 6.06. The number of carbonyl (C=O) groups excluding carboxylic acids is 1. The van der Waals surface area contributed by atoms with Crippen LogP contribution < -0.4 is 16.0 Å². The van der Waals surface area contributed by atoms with E-state index < -0.39 is 0 Å². The van der Waals surface area contributed by atoms with Crippen molar-refractivity contribution in [2.24, 2.45) is 4.99 Å². The molecule has 2 heterocycles. The van der Waals surface area contributed by atoms with Gasteiger partial charge >= 0.3 is 0 Å². The number of nitrogens with one attached hydrogen (secondary N) is 3. The molecule has 0 aliphatic carbocycles. The number of anilines is 1. The Hall–Kier alpha value is -3.13. The average Bonchev–Trinajstić information content (AvgIpc) is 3.12. The topological polar surface area (TPSA) is 95.7 Å². The van der Waals surface area contributed by atoms with Crippen LogP contribution in [-0.4, -0.2) is 40.1 Å². The van der Waals surface area contributed by atoms with Crippen LogP contribution in [-0.2, 0) is 11.3 Å². The van der Waals surface area contributed by atoms with Crippen LogP contribution in [0.2, 0.25) is 5.02 Å². The first kappa shape index (κ1) is 19.6. The predicted octanol–water partition coefficient (Wildman–Crippen LogP) is 2.47. The molecule has 1 amide bonds. The molecule has 3 aromatic rings. The van der Waals surface area contributed by atoms with Crippen LogP contribution in [0.3, 0.4) is 0 Å². The molecule has 8 nitrogen and oxygen atoms in total. The van der Waals surface area contributed by atoms with Gasteiger partial charge in [0.2, 0.25) is 5.91 Å². The first-order valence-electron chi connectivity index (χ1n) is 8.94. The van der Waals surface area contributed by atoms with Gasteiger partial charge in [-0.05, 0) is 42.8 Å². The number of amides is 1. The molecule has 0 spiro atoms. The summed E-state index contributed by atoms with van der Waals surface area (Å²) in [6.45, 7) is 1.11. The van der Waals surface area contributed by atoms with Gasteiger partial charge in [-0.3, -0.25) is 14.2 Å². The number of pyridine rings is 1. The fraction of sp³-hybridized carbons (Fsp3) is 0.263. The number of halogens is 1. The highest BCUT2D eigenvalue weighted by Gasteiger charge is 2.06. The van der Waals surface area contributed by atoms with E-state index in [9.17, 15) is 4.79 Å². The van der Waals surface area contributed by atoms with Gasteiger partial charge < -0.3 is 16.0 Å². The minimum Gasteiger partial charge on any atom is -0.356 e. The van der Waals surface area contributed by atoms with Crippen LogP contribution in [0.4, 0.5) is 5.69 Å². The Morgan fingerprint density at radius 1 is 1.14 bits per heavy atom. The van der Waals surface area contributed by atoms with E-state index in [1.165, 1.54) is 0 Å². The zero-order chi connectivity index (χ0) is 19.8. The molecule has 1 aromatic carbocycles. The summed E-state index contributed by atoms with van der Waals surface area (Å²) in [5.74, 6) is 1.40. The molecular weight excluding hydrogens is 378 g/mol. The predicted molar refractivity (Wildman–Crippen MR) is 111 cm³/mol. The van der Waals surface area contributed by atoms with E-state index in [2.05, 4.69) is 31.1 Å². The third kappa shape index (κ3) is 5.43. The molecule has 2 aromatic heterocycles. The second-order valence-corrected chi connectivity index (χ2v) is 6.49. The number of aromatic nitrogens is 3. The normalized spacial score (nSPS) is 11.4. The highest BCUT2D eigenvalue weighted by atomic mass is 35.5. The molecule has 0 unspecified atom stereocenters. The van der Waals surface area contributed by atoms with Crippen molar-refractivity contribution in [2.45, 2.75) is 19.4 Å². The third-order valence-electron chi connectivity index (χ3n) is 4.02. The minimum absolute atomic E-state index is 0.0398. The second kappa shape index (κ2) is 9.70. The average molecular weight is 400 g/mol. The Morgan fingerprint density at radius 3 is 2.75 bits per heavy atom. The molecule has 146 valence electrons. The standard InChI is InChI=1S/C19H22ClN7O/c1-21-19(23-13-17-26-25-16-5-2-3-12-27(16)17)22-11-4-6-18(28)24-15-9-7-14(20)8-10-15/h2-3,5,7-10,12H,4,6,11,13H2,1H3,(H,24,28)(H2,21,22,23). The fourth-order valence-corrected chi connectivity index (χ4v) is 2.73. The van der Waals surface area contributed by atoms with Crippen LogP contribution in [0.15, 0.2) is 53.7 Å².